The van der Waals surface area contributed by atoms with E-state index in [1.54, 1.807) is 24.1 Å². The van der Waals surface area contributed by atoms with E-state index in [-0.39, 0.29) is 29.7 Å². The van der Waals surface area contributed by atoms with Gasteiger partial charge >= 0.3 is 0 Å². The predicted octanol–water partition coefficient (Wildman–Crippen LogP) is 3.32. The zero-order valence-corrected chi connectivity index (χ0v) is 24.1. The van der Waals surface area contributed by atoms with Gasteiger partial charge in [-0.3, -0.25) is 34.1 Å². The largest absolute Gasteiger partial charge is 0.495 e. The number of nitrogens with one attached hydrogen (secondary N) is 1. The first-order valence-electron chi connectivity index (χ1n) is 14.4. The minimum Gasteiger partial charge on any atom is -0.495 e. The third-order valence-electron chi connectivity index (χ3n) is 9.05. The van der Waals surface area contributed by atoms with Crippen LogP contribution in [0.2, 0.25) is 0 Å². The van der Waals surface area contributed by atoms with Crippen molar-refractivity contribution in [2.75, 3.05) is 51.7 Å². The van der Waals surface area contributed by atoms with E-state index in [4.69, 9.17) is 4.74 Å². The van der Waals surface area contributed by atoms with Crippen molar-refractivity contribution in [3.63, 3.8) is 0 Å². The van der Waals surface area contributed by atoms with Crippen LogP contribution in [0.4, 0.5) is 5.00 Å². The van der Waals surface area contributed by atoms with Crippen LogP contribution in [0.3, 0.4) is 0 Å². The molecule has 4 saturated heterocycles. The van der Waals surface area contributed by atoms with Gasteiger partial charge in [-0.2, -0.15) is 0 Å². The minimum absolute atomic E-state index is 0.0177. The normalized spacial score (nSPS) is 21.8. The SMILES string of the molecule is CCC(=O)Nc1sc2c(OC)cccc2c1C(=O)N1CCC(N2CCCC3(C2)C(=O)N2CCCCN2C3=O)CC1. The summed E-state index contributed by atoms with van der Waals surface area (Å²) in [5.41, 5.74) is -0.430. The van der Waals surface area contributed by atoms with E-state index in [1.807, 2.05) is 23.1 Å². The lowest BCUT2D eigenvalue weighted by molar-refractivity contribution is -0.150. The molecule has 1 aromatic carbocycles. The molecule has 0 atom stereocenters. The summed E-state index contributed by atoms with van der Waals surface area (Å²) < 4.78 is 6.37. The van der Waals surface area contributed by atoms with Crippen LogP contribution < -0.4 is 10.1 Å². The predicted molar refractivity (Wildman–Crippen MR) is 152 cm³/mol. The number of benzene rings is 1. The van der Waals surface area contributed by atoms with Crippen LogP contribution in [0.25, 0.3) is 10.1 Å². The number of piperidine rings is 2. The molecule has 0 radical (unpaired) electrons. The van der Waals surface area contributed by atoms with E-state index >= 15 is 0 Å². The fourth-order valence-electron chi connectivity index (χ4n) is 6.88. The maximum Gasteiger partial charge on any atom is 0.258 e. The molecule has 10 nitrogen and oxygen atoms in total. The van der Waals surface area contributed by atoms with Gasteiger partial charge in [-0.15, -0.1) is 11.3 Å². The number of fused-ring (bicyclic) bond motifs is 2. The number of nitrogens with zero attached hydrogens (tertiary/aromatic N) is 4. The first-order chi connectivity index (χ1) is 19.4. The number of rotatable bonds is 5. The molecule has 0 bridgehead atoms. The highest BCUT2D eigenvalue weighted by molar-refractivity contribution is 7.23. The Labute approximate surface area is 238 Å². The Kier molecular flexibility index (Phi) is 7.20. The molecule has 4 aliphatic rings. The second-order valence-electron chi connectivity index (χ2n) is 11.3. The standard InChI is InChI=1S/C29H37N5O5S/c1-3-22(35)30-25-23(20-8-6-9-21(39-2)24(20)40-25)26(36)31-16-10-19(11-17-31)32-13-7-12-29(18-32)27(37)33-14-4-5-15-34(33)28(29)38/h6,8-9,19H,3-5,7,10-18H2,1-2H3,(H,30,35). The molecule has 40 heavy (non-hydrogen) atoms. The van der Waals surface area contributed by atoms with Gasteiger partial charge < -0.3 is 15.0 Å². The molecular formula is C29H37N5O5S. The molecule has 0 unspecified atom stereocenters. The Bertz CT molecular complexity index is 1330. The zero-order chi connectivity index (χ0) is 28.0. The zero-order valence-electron chi connectivity index (χ0n) is 23.2. The molecule has 6 rings (SSSR count). The Balaban J connectivity index is 1.18. The molecule has 11 heteroatoms. The summed E-state index contributed by atoms with van der Waals surface area (Å²) in [5, 5.41) is 7.67. The van der Waals surface area contributed by atoms with E-state index in [0.29, 0.717) is 61.9 Å². The molecule has 1 N–H and O–H groups in total. The summed E-state index contributed by atoms with van der Waals surface area (Å²) in [6.07, 6.45) is 5.20. The Morgan fingerprint density at radius 3 is 2.38 bits per heavy atom. The van der Waals surface area contributed by atoms with Crippen molar-refractivity contribution < 1.29 is 23.9 Å². The van der Waals surface area contributed by atoms with Crippen molar-refractivity contribution in [1.82, 2.24) is 19.8 Å². The third-order valence-corrected chi connectivity index (χ3v) is 10.2. The van der Waals surface area contributed by atoms with Gasteiger partial charge in [-0.1, -0.05) is 19.1 Å². The molecule has 0 saturated carbocycles. The fraction of sp³-hybridized carbons (Fsp3) is 0.586. The number of thiophene rings is 1. The fourth-order valence-corrected chi connectivity index (χ4v) is 8.08. The number of hydrazine groups is 1. The Morgan fingerprint density at radius 1 is 1.02 bits per heavy atom. The van der Waals surface area contributed by atoms with Crippen LogP contribution in [0.15, 0.2) is 18.2 Å². The first-order valence-corrected chi connectivity index (χ1v) is 15.3. The average molecular weight is 568 g/mol. The second-order valence-corrected chi connectivity index (χ2v) is 12.3. The van der Waals surface area contributed by atoms with Gasteiger partial charge in [0, 0.05) is 50.6 Å². The van der Waals surface area contributed by atoms with Crippen LogP contribution in [-0.2, 0) is 14.4 Å². The summed E-state index contributed by atoms with van der Waals surface area (Å²) in [6.45, 7) is 5.55. The van der Waals surface area contributed by atoms with Crippen LogP contribution in [0, 0.1) is 5.41 Å². The van der Waals surface area contributed by atoms with Crippen molar-refractivity contribution in [3.8, 4) is 5.75 Å². The number of hydrogen-bond acceptors (Lipinski definition) is 7. The maximum absolute atomic E-state index is 13.9. The highest BCUT2D eigenvalue weighted by Gasteiger charge is 2.60. The average Bonchev–Trinajstić information content (AvgIpc) is 3.45. The van der Waals surface area contributed by atoms with Crippen molar-refractivity contribution in [2.24, 2.45) is 5.41 Å². The van der Waals surface area contributed by atoms with Crippen molar-refractivity contribution in [1.29, 1.82) is 0 Å². The Morgan fingerprint density at radius 2 is 1.73 bits per heavy atom. The summed E-state index contributed by atoms with van der Waals surface area (Å²) in [5.74, 6) is 0.410. The second kappa shape index (κ2) is 10.7. The maximum atomic E-state index is 13.9. The minimum atomic E-state index is -0.948. The number of carbonyl (C=O) groups is 4. The van der Waals surface area contributed by atoms with Gasteiger partial charge in [0.25, 0.3) is 17.7 Å². The van der Waals surface area contributed by atoms with Crippen molar-refractivity contribution >= 4 is 50.1 Å². The number of anilines is 1. The lowest BCUT2D eigenvalue weighted by Gasteiger charge is -2.44. The number of likely N-dealkylation sites (tertiary alicyclic amines) is 2. The Hall–Kier alpha value is -3.18. The summed E-state index contributed by atoms with van der Waals surface area (Å²) in [7, 11) is 1.60. The molecule has 2 aromatic rings. The highest BCUT2D eigenvalue weighted by atomic mass is 32.1. The summed E-state index contributed by atoms with van der Waals surface area (Å²) >= 11 is 1.37. The van der Waals surface area contributed by atoms with Gasteiger partial charge in [0.1, 0.15) is 16.2 Å². The van der Waals surface area contributed by atoms with Gasteiger partial charge in [0.15, 0.2) is 0 Å². The van der Waals surface area contributed by atoms with E-state index in [0.717, 1.165) is 48.7 Å². The summed E-state index contributed by atoms with van der Waals surface area (Å²) in [6, 6.07) is 5.84. The molecular weight excluding hydrogens is 530 g/mol. The lowest BCUT2D eigenvalue weighted by Crippen LogP contribution is -2.56. The smallest absolute Gasteiger partial charge is 0.258 e. The van der Waals surface area contributed by atoms with E-state index in [2.05, 4.69) is 10.2 Å². The molecule has 4 fully saturated rings. The molecule has 4 amide bonds. The van der Waals surface area contributed by atoms with Crippen LogP contribution >= 0.6 is 11.3 Å². The first kappa shape index (κ1) is 27.0. The number of hydrogen-bond donors (Lipinski definition) is 1. The molecule has 1 aromatic heterocycles. The van der Waals surface area contributed by atoms with Crippen LogP contribution in [0.5, 0.6) is 5.75 Å². The van der Waals surface area contributed by atoms with Gasteiger partial charge in [0.05, 0.1) is 17.4 Å². The third kappa shape index (κ3) is 4.34. The number of methoxy groups -OCH3 is 1. The molecule has 5 heterocycles. The molecule has 0 aliphatic carbocycles. The van der Waals surface area contributed by atoms with E-state index < -0.39 is 5.41 Å². The topological polar surface area (TPSA) is 102 Å². The number of amides is 4. The molecule has 214 valence electrons. The quantitative estimate of drug-likeness (QED) is 0.557. The van der Waals surface area contributed by atoms with Gasteiger partial charge in [-0.05, 0) is 51.1 Å². The van der Waals surface area contributed by atoms with Crippen molar-refractivity contribution in [2.45, 2.75) is 57.9 Å². The molecule has 4 aliphatic heterocycles. The van der Waals surface area contributed by atoms with Gasteiger partial charge in [-0.25, -0.2) is 0 Å². The van der Waals surface area contributed by atoms with Crippen molar-refractivity contribution in [3.05, 3.63) is 23.8 Å². The monoisotopic (exact) mass is 567 g/mol. The lowest BCUT2D eigenvalue weighted by atomic mass is 9.78. The molecule has 1 spiro atoms. The van der Waals surface area contributed by atoms with Gasteiger partial charge in [0.2, 0.25) is 5.91 Å². The van der Waals surface area contributed by atoms with Crippen LogP contribution in [-0.4, -0.2) is 95.9 Å². The number of carbonyl (C=O) groups excluding carboxylic acids is 4. The number of ether oxygens (including phenoxy) is 1. The highest BCUT2D eigenvalue weighted by Crippen LogP contribution is 2.44. The van der Waals surface area contributed by atoms with Crippen LogP contribution in [0.1, 0.15) is 62.2 Å². The van der Waals surface area contributed by atoms with E-state index in [9.17, 15) is 19.2 Å². The van der Waals surface area contributed by atoms with E-state index in [1.165, 1.54) is 11.3 Å². The summed E-state index contributed by atoms with van der Waals surface area (Å²) in [4.78, 5) is 57.3.